The zero-order valence-electron chi connectivity index (χ0n) is 14.9. The molecule has 6 nitrogen and oxygen atoms in total. The van der Waals surface area contributed by atoms with Crippen LogP contribution in [0.25, 0.3) is 0 Å². The van der Waals surface area contributed by atoms with Crippen LogP contribution in [-0.4, -0.2) is 48.6 Å². The van der Waals surface area contributed by atoms with E-state index >= 15 is 0 Å². The van der Waals surface area contributed by atoms with E-state index in [1.165, 1.54) is 0 Å². The van der Waals surface area contributed by atoms with Crippen molar-refractivity contribution in [2.45, 2.75) is 51.1 Å². The van der Waals surface area contributed by atoms with E-state index in [0.29, 0.717) is 31.6 Å². The van der Waals surface area contributed by atoms with E-state index in [0.717, 1.165) is 12.8 Å². The van der Waals surface area contributed by atoms with Gasteiger partial charge in [-0.2, -0.15) is 0 Å². The number of ketones is 1. The highest BCUT2D eigenvalue weighted by Gasteiger charge is 2.80. The molecule has 0 aromatic rings. The molecule has 3 aliphatic carbocycles. The van der Waals surface area contributed by atoms with Crippen molar-refractivity contribution in [1.29, 1.82) is 0 Å². The van der Waals surface area contributed by atoms with Gasteiger partial charge in [0.25, 0.3) is 0 Å². The van der Waals surface area contributed by atoms with E-state index in [2.05, 4.69) is 13.5 Å². The van der Waals surface area contributed by atoms with Crippen LogP contribution in [0, 0.1) is 34.0 Å². The van der Waals surface area contributed by atoms with Crippen molar-refractivity contribution in [3.63, 3.8) is 0 Å². The van der Waals surface area contributed by atoms with Crippen LogP contribution in [0.2, 0.25) is 0 Å². The standard InChI is InChI=1S/C20H24O6/c1-9-10-5-11(21)13-19(6-10,15(9)22)17(23)26-12-3-4-18(2)7-24-16-14(18)20(12,13)8-25-16/h10-14,16,21H,1,3-8H2,2H3. The second-order valence-electron chi connectivity index (χ2n) is 9.67. The van der Waals surface area contributed by atoms with E-state index < -0.39 is 28.8 Å². The molecule has 3 aliphatic heterocycles. The number of hydrogen-bond donors (Lipinski definition) is 1. The third-order valence-electron chi connectivity index (χ3n) is 8.65. The van der Waals surface area contributed by atoms with Gasteiger partial charge in [-0.05, 0) is 42.6 Å². The van der Waals surface area contributed by atoms with Crippen LogP contribution in [0.4, 0.5) is 0 Å². The zero-order valence-corrected chi connectivity index (χ0v) is 14.9. The number of fused-ring (bicyclic) bond motifs is 1. The van der Waals surface area contributed by atoms with Crippen molar-refractivity contribution >= 4 is 11.8 Å². The summed E-state index contributed by atoms with van der Waals surface area (Å²) in [4.78, 5) is 26.4. The van der Waals surface area contributed by atoms with Gasteiger partial charge in [0.15, 0.2) is 12.1 Å². The quantitative estimate of drug-likeness (QED) is 0.397. The van der Waals surface area contributed by atoms with Crippen LogP contribution in [0.5, 0.6) is 0 Å². The molecule has 3 saturated carbocycles. The average Bonchev–Trinajstić information content (AvgIpc) is 3.22. The minimum Gasteiger partial charge on any atom is -0.461 e. The maximum atomic E-state index is 13.2. The molecule has 6 rings (SSSR count). The molecule has 2 bridgehead atoms. The second kappa shape index (κ2) is 4.42. The molecule has 3 heterocycles. The number of allylic oxidation sites excluding steroid dienone is 1. The van der Waals surface area contributed by atoms with Crippen LogP contribution in [0.3, 0.4) is 0 Å². The number of rotatable bonds is 0. The van der Waals surface area contributed by atoms with Gasteiger partial charge in [0.2, 0.25) is 0 Å². The Kier molecular flexibility index (Phi) is 2.68. The summed E-state index contributed by atoms with van der Waals surface area (Å²) >= 11 is 0. The molecule has 26 heavy (non-hydrogen) atoms. The minimum atomic E-state index is -1.28. The fraction of sp³-hybridized carbons (Fsp3) is 0.800. The van der Waals surface area contributed by atoms with E-state index in [9.17, 15) is 14.7 Å². The summed E-state index contributed by atoms with van der Waals surface area (Å²) < 4.78 is 18.0. The van der Waals surface area contributed by atoms with E-state index in [1.54, 1.807) is 0 Å². The number of carbonyl (C=O) groups is 2. The van der Waals surface area contributed by atoms with Crippen molar-refractivity contribution in [3.8, 4) is 0 Å². The molecule has 0 radical (unpaired) electrons. The maximum absolute atomic E-state index is 13.2. The summed E-state index contributed by atoms with van der Waals surface area (Å²) in [5.41, 5.74) is -1.42. The lowest BCUT2D eigenvalue weighted by molar-refractivity contribution is -0.246. The number of aliphatic hydroxyl groups excluding tert-OH is 1. The Bertz CT molecular complexity index is 761. The van der Waals surface area contributed by atoms with Crippen LogP contribution in [0.15, 0.2) is 12.2 Å². The molecule has 9 unspecified atom stereocenters. The van der Waals surface area contributed by atoms with Gasteiger partial charge in [-0.3, -0.25) is 9.59 Å². The maximum Gasteiger partial charge on any atom is 0.320 e. The fourth-order valence-corrected chi connectivity index (χ4v) is 7.73. The summed E-state index contributed by atoms with van der Waals surface area (Å²) in [5, 5.41) is 11.2. The van der Waals surface area contributed by atoms with Gasteiger partial charge in [-0.25, -0.2) is 0 Å². The first-order valence-electron chi connectivity index (χ1n) is 9.70. The summed E-state index contributed by atoms with van der Waals surface area (Å²) in [7, 11) is 0. The van der Waals surface area contributed by atoms with E-state index in [4.69, 9.17) is 14.2 Å². The predicted molar refractivity (Wildman–Crippen MR) is 87.6 cm³/mol. The van der Waals surface area contributed by atoms with Crippen molar-refractivity contribution in [1.82, 2.24) is 0 Å². The van der Waals surface area contributed by atoms with Gasteiger partial charge < -0.3 is 19.3 Å². The summed E-state index contributed by atoms with van der Waals surface area (Å²) in [6, 6.07) is 0. The Morgan fingerprint density at radius 1 is 1.19 bits per heavy atom. The molecular weight excluding hydrogens is 336 g/mol. The van der Waals surface area contributed by atoms with Gasteiger partial charge in [0.1, 0.15) is 11.5 Å². The van der Waals surface area contributed by atoms with Crippen LogP contribution < -0.4 is 0 Å². The van der Waals surface area contributed by atoms with Gasteiger partial charge in [0.05, 0.1) is 19.3 Å². The van der Waals surface area contributed by atoms with Crippen molar-refractivity contribution in [3.05, 3.63) is 12.2 Å². The monoisotopic (exact) mass is 360 g/mol. The first-order valence-corrected chi connectivity index (χ1v) is 9.70. The van der Waals surface area contributed by atoms with Gasteiger partial charge in [-0.1, -0.05) is 13.5 Å². The molecule has 6 fully saturated rings. The minimum absolute atomic E-state index is 0.0385. The zero-order chi connectivity index (χ0) is 18.1. The van der Waals surface area contributed by atoms with Crippen LogP contribution in [0.1, 0.15) is 32.6 Å². The van der Waals surface area contributed by atoms with Gasteiger partial charge in [-0.15, -0.1) is 0 Å². The Hall–Kier alpha value is -1.24. The summed E-state index contributed by atoms with van der Waals surface area (Å²) in [6.07, 6.45) is 1.18. The number of aliphatic hydroxyl groups is 1. The van der Waals surface area contributed by atoms with Crippen molar-refractivity contribution < 1.29 is 28.9 Å². The predicted octanol–water partition coefficient (Wildman–Crippen LogP) is 1.21. The first-order chi connectivity index (χ1) is 12.3. The highest BCUT2D eigenvalue weighted by atomic mass is 16.7. The van der Waals surface area contributed by atoms with E-state index in [-0.39, 0.29) is 35.4 Å². The number of ether oxygens (including phenoxy) is 3. The second-order valence-corrected chi connectivity index (χ2v) is 9.67. The van der Waals surface area contributed by atoms with E-state index in [1.807, 2.05) is 0 Å². The molecular formula is C20H24O6. The van der Waals surface area contributed by atoms with Crippen molar-refractivity contribution in [2.24, 2.45) is 34.0 Å². The Balaban J connectivity index is 1.59. The Morgan fingerprint density at radius 2 is 1.96 bits per heavy atom. The third-order valence-corrected chi connectivity index (χ3v) is 8.65. The SMILES string of the molecule is C=C1C(=O)C23CC1CC(O)C2C12COC4OCC(C)(CCC1OC3=O)C42. The smallest absolute Gasteiger partial charge is 0.320 e. The Morgan fingerprint density at radius 3 is 2.77 bits per heavy atom. The average molecular weight is 360 g/mol. The number of Topliss-reactive ketones (excluding diaryl/α,β-unsaturated/α-hetero) is 1. The van der Waals surface area contributed by atoms with Crippen LogP contribution in [-0.2, 0) is 23.8 Å². The highest BCUT2D eigenvalue weighted by Crippen LogP contribution is 2.72. The molecule has 0 aromatic heterocycles. The third kappa shape index (κ3) is 1.40. The van der Waals surface area contributed by atoms with Crippen molar-refractivity contribution in [2.75, 3.05) is 13.2 Å². The molecule has 2 spiro atoms. The molecule has 0 amide bonds. The molecule has 9 atom stereocenters. The molecule has 3 saturated heterocycles. The number of carbonyl (C=O) groups excluding carboxylic acids is 2. The molecule has 140 valence electrons. The molecule has 1 N–H and O–H groups in total. The van der Waals surface area contributed by atoms with Gasteiger partial charge in [0, 0.05) is 17.3 Å². The summed E-state index contributed by atoms with van der Waals surface area (Å²) in [5.74, 6) is -1.22. The molecule has 6 aliphatic rings. The lowest BCUT2D eigenvalue weighted by atomic mass is 9.44. The Labute approximate surface area is 151 Å². The molecule has 0 aromatic carbocycles. The highest BCUT2D eigenvalue weighted by molar-refractivity contribution is 6.15. The molecule has 6 heteroatoms. The van der Waals surface area contributed by atoms with Gasteiger partial charge >= 0.3 is 5.97 Å². The topological polar surface area (TPSA) is 82.1 Å². The number of esters is 1. The van der Waals surface area contributed by atoms with Crippen LogP contribution >= 0.6 is 0 Å². The lowest BCUT2D eigenvalue weighted by Gasteiger charge is -2.61. The first kappa shape index (κ1) is 15.8. The fourth-order valence-electron chi connectivity index (χ4n) is 7.73. The normalized spacial score (nSPS) is 59.7. The summed E-state index contributed by atoms with van der Waals surface area (Å²) in [6.45, 7) is 7.15. The number of hydrogen-bond acceptors (Lipinski definition) is 6. The largest absolute Gasteiger partial charge is 0.461 e. The lowest BCUT2D eigenvalue weighted by Crippen LogP contribution is -2.70.